The van der Waals surface area contributed by atoms with E-state index in [-0.39, 0.29) is 68.1 Å². The summed E-state index contributed by atoms with van der Waals surface area (Å²) in [4.78, 5) is 71.6. The van der Waals surface area contributed by atoms with Crippen LogP contribution < -0.4 is 20.5 Å². The van der Waals surface area contributed by atoms with Gasteiger partial charge < -0.3 is 44.4 Å². The summed E-state index contributed by atoms with van der Waals surface area (Å²) >= 11 is 0. The molecule has 4 amide bonds. The van der Waals surface area contributed by atoms with Gasteiger partial charge in [0, 0.05) is 51.1 Å². The molecule has 4 aromatic rings. The van der Waals surface area contributed by atoms with Crippen LogP contribution in [0.3, 0.4) is 0 Å². The van der Waals surface area contributed by atoms with Gasteiger partial charge in [0.05, 0.1) is 31.3 Å². The number of benzene rings is 3. The molecule has 3 aromatic carbocycles. The van der Waals surface area contributed by atoms with Crippen molar-refractivity contribution in [1.82, 2.24) is 35.7 Å². The fourth-order valence-corrected chi connectivity index (χ4v) is 9.36. The Kier molecular flexibility index (Phi) is 23.0. The van der Waals surface area contributed by atoms with Crippen molar-refractivity contribution in [2.24, 2.45) is 40.7 Å². The molecule has 1 saturated heterocycles. The molecule has 5 atom stereocenters. The van der Waals surface area contributed by atoms with Gasteiger partial charge in [0.25, 0.3) is 0 Å². The lowest BCUT2D eigenvalue weighted by Gasteiger charge is -2.33. The van der Waals surface area contributed by atoms with E-state index in [1.54, 1.807) is 33.0 Å². The fourth-order valence-electron chi connectivity index (χ4n) is 9.36. The molecule has 0 aliphatic carbocycles. The van der Waals surface area contributed by atoms with Crippen LogP contribution >= 0.6 is 0 Å². The second-order valence-corrected chi connectivity index (χ2v) is 21.3. The Morgan fingerprint density at radius 1 is 0.868 bits per heavy atom. The normalized spacial score (nSPS) is 15.8. The van der Waals surface area contributed by atoms with Crippen molar-refractivity contribution in [3.05, 3.63) is 77.9 Å². The van der Waals surface area contributed by atoms with Gasteiger partial charge >= 0.3 is 12.1 Å². The van der Waals surface area contributed by atoms with E-state index < -0.39 is 54.3 Å². The zero-order chi connectivity index (χ0) is 55.5. The minimum Gasteiger partial charge on any atom is -0.493 e. The smallest absolute Gasteiger partial charge is 0.414 e. The number of amides is 4. The number of H-pyrrole nitrogens is 1. The van der Waals surface area contributed by atoms with Gasteiger partial charge in [-0.25, -0.2) is 14.7 Å². The number of esters is 1. The third-order valence-corrected chi connectivity index (χ3v) is 14.3. The zero-order valence-electron chi connectivity index (χ0n) is 46.5. The van der Waals surface area contributed by atoms with Crippen molar-refractivity contribution in [2.75, 3.05) is 47.5 Å². The number of ether oxygens (including phenoxy) is 6. The zero-order valence-corrected chi connectivity index (χ0v) is 46.5. The average Bonchev–Trinajstić information content (AvgIpc) is 4.08. The Balaban J connectivity index is 1.35. The molecule has 1 fully saturated rings. The third-order valence-electron chi connectivity index (χ3n) is 14.3. The Labute approximate surface area is 448 Å². The lowest BCUT2D eigenvalue weighted by molar-refractivity contribution is -0.165. The van der Waals surface area contributed by atoms with Crippen molar-refractivity contribution < 1.29 is 52.4 Å². The predicted molar refractivity (Wildman–Crippen MR) is 287 cm³/mol. The fraction of sp³-hybridized carbons (Fsp3) is 0.579. The first-order chi connectivity index (χ1) is 36.3. The summed E-state index contributed by atoms with van der Waals surface area (Å²) < 4.78 is 34.9. The highest BCUT2D eigenvalue weighted by atomic mass is 16.7. The van der Waals surface area contributed by atoms with Crippen LogP contribution in [-0.4, -0.2) is 126 Å². The van der Waals surface area contributed by atoms with Crippen molar-refractivity contribution in [3.63, 3.8) is 0 Å². The molecule has 19 nitrogen and oxygen atoms in total. The van der Waals surface area contributed by atoms with Gasteiger partial charge in [-0.05, 0) is 108 Å². The van der Waals surface area contributed by atoms with Crippen LogP contribution in [0, 0.1) is 35.0 Å². The molecule has 1 aliphatic heterocycles. The number of aromatic amines is 1. The van der Waals surface area contributed by atoms with Crippen LogP contribution in [-0.2, 0) is 51.1 Å². The summed E-state index contributed by atoms with van der Waals surface area (Å²) in [6, 6.07) is 19.9. The molecule has 76 heavy (non-hydrogen) atoms. The number of aromatic nitrogens is 4. The minimum absolute atomic E-state index is 0.00614. The molecule has 19 heteroatoms. The van der Waals surface area contributed by atoms with Gasteiger partial charge in [-0.15, -0.1) is 5.10 Å². The molecule has 5 rings (SSSR count). The highest BCUT2D eigenvalue weighted by Gasteiger charge is 2.44. The van der Waals surface area contributed by atoms with E-state index in [1.165, 1.54) is 4.90 Å². The Hall–Kier alpha value is -6.60. The summed E-state index contributed by atoms with van der Waals surface area (Å²) in [5.74, 6) is -0.818. The lowest BCUT2D eigenvalue weighted by Crippen LogP contribution is -2.49. The number of nitrogens with two attached hydrogens (primary N) is 1. The number of unbranched alkanes of at least 4 members (excludes halogenated alkanes) is 1. The summed E-state index contributed by atoms with van der Waals surface area (Å²) in [5, 5.41) is 17.3. The maximum atomic E-state index is 14.3. The van der Waals surface area contributed by atoms with Crippen LogP contribution in [0.2, 0.25) is 0 Å². The highest BCUT2D eigenvalue weighted by molar-refractivity contribution is 5.85. The molecule has 1 aromatic heterocycles. The number of nitrogens with zero attached hydrogens (tertiary/aromatic N) is 5. The number of carbonyl (C=O) groups excluding carboxylic acids is 5. The van der Waals surface area contributed by atoms with Crippen LogP contribution in [0.4, 0.5) is 4.79 Å². The first-order valence-electron chi connectivity index (χ1n) is 26.6. The molecular weight excluding hydrogens is 973 g/mol. The van der Waals surface area contributed by atoms with Crippen LogP contribution in [0.25, 0.3) is 22.5 Å². The molecule has 0 unspecified atom stereocenters. The number of carbonyl (C=O) groups is 5. The molecule has 0 bridgehead atoms. The van der Waals surface area contributed by atoms with Gasteiger partial charge in [0.15, 0.2) is 17.3 Å². The Morgan fingerprint density at radius 3 is 2.20 bits per heavy atom. The molecule has 416 valence electrons. The lowest BCUT2D eigenvalue weighted by atomic mass is 9.80. The predicted octanol–water partition coefficient (Wildman–Crippen LogP) is 8.36. The maximum Gasteiger partial charge on any atom is 0.414 e. The standard InChI is InChI=1S/C57H82N8O11/c1-12-13-19-50(66)64(32-39-20-23-41(24-21-39)43-17-14-15-18-44(43)52-60-62-63-61-52)51(38(6)7)54(68)75-35-76-56(70)65-34-74-48(31-45(37(4)5)53(67)59-33-57(8,9)55(58)69)46(65)30-42(36(2)3)28-40-22-25-47(72-11)49(29-40)73-27-16-26-71-10/h14-15,17-18,20-25,29,36-38,42,45-46,48,51H,12-13,16,19,26-28,30-35H2,1-11H3,(H2,58,69)(H,59,67)(H,60,61,62,63)/t42-,45-,46-,48-,51-/m0/s1. The number of hydrogen-bond donors (Lipinski definition) is 3. The topological polar surface area (TPSA) is 240 Å². The van der Waals surface area contributed by atoms with Crippen molar-refractivity contribution >= 4 is 29.8 Å². The van der Waals surface area contributed by atoms with E-state index >= 15 is 0 Å². The molecule has 2 heterocycles. The van der Waals surface area contributed by atoms with E-state index in [4.69, 9.17) is 34.2 Å². The van der Waals surface area contributed by atoms with Crippen molar-refractivity contribution in [1.29, 1.82) is 0 Å². The Bertz CT molecular complexity index is 2480. The number of methoxy groups -OCH3 is 2. The van der Waals surface area contributed by atoms with Crippen molar-refractivity contribution in [3.8, 4) is 34.0 Å². The number of rotatable bonds is 30. The molecule has 1 aliphatic rings. The second kappa shape index (κ2) is 29.1. The summed E-state index contributed by atoms with van der Waals surface area (Å²) in [6.07, 6.45) is 2.39. The van der Waals surface area contributed by atoms with Gasteiger partial charge in [-0.3, -0.25) is 19.3 Å². The SMILES string of the molecule is CCCCC(=O)N(Cc1ccc(-c2ccccc2-c2nnn[nH]2)cc1)[C@H](C(=O)OCOC(=O)N1CO[C@@H](C[C@H](C(=O)NCC(C)(C)C(N)=O)C(C)C)[C@@H]1C[C@H](Cc1ccc(OC)c(OCCCOC)c1)C(C)C)C(C)C. The maximum absolute atomic E-state index is 14.3. The summed E-state index contributed by atoms with van der Waals surface area (Å²) in [7, 11) is 3.25. The van der Waals surface area contributed by atoms with Crippen LogP contribution in [0.1, 0.15) is 112 Å². The Morgan fingerprint density at radius 2 is 1.58 bits per heavy atom. The van der Waals surface area contributed by atoms with E-state index in [2.05, 4.69) is 39.8 Å². The summed E-state index contributed by atoms with van der Waals surface area (Å²) in [6.45, 7) is 17.6. The third kappa shape index (κ3) is 16.7. The first-order valence-corrected chi connectivity index (χ1v) is 26.6. The van der Waals surface area contributed by atoms with Gasteiger partial charge in [-0.1, -0.05) is 109 Å². The van der Waals surface area contributed by atoms with Gasteiger partial charge in [-0.2, -0.15) is 0 Å². The molecule has 4 N–H and O–H groups in total. The van der Waals surface area contributed by atoms with Gasteiger partial charge in [0.1, 0.15) is 12.8 Å². The van der Waals surface area contributed by atoms with E-state index in [9.17, 15) is 24.0 Å². The quantitative estimate of drug-likeness (QED) is 0.0253. The van der Waals surface area contributed by atoms with Crippen molar-refractivity contribution in [2.45, 2.75) is 132 Å². The monoisotopic (exact) mass is 1050 g/mol. The van der Waals surface area contributed by atoms with E-state index in [0.29, 0.717) is 56.2 Å². The number of hydrogen-bond acceptors (Lipinski definition) is 14. The van der Waals surface area contributed by atoms with Crippen LogP contribution in [0.5, 0.6) is 11.5 Å². The highest BCUT2D eigenvalue weighted by Crippen LogP contribution is 2.37. The first kappa shape index (κ1) is 60.3. The van der Waals surface area contributed by atoms with Crippen LogP contribution in [0.15, 0.2) is 66.7 Å². The molecule has 0 spiro atoms. The largest absolute Gasteiger partial charge is 0.493 e. The minimum atomic E-state index is -0.997. The van der Waals surface area contributed by atoms with E-state index in [1.807, 2.05) is 101 Å². The molecule has 0 saturated carbocycles. The number of nitrogens with one attached hydrogen (secondary N) is 2. The van der Waals surface area contributed by atoms with E-state index in [0.717, 1.165) is 34.2 Å². The second-order valence-electron chi connectivity index (χ2n) is 21.3. The summed E-state index contributed by atoms with van der Waals surface area (Å²) in [5.41, 5.74) is 9.13. The average molecular weight is 1060 g/mol. The molecular formula is C57H82N8O11. The van der Waals surface area contributed by atoms with Gasteiger partial charge in [0.2, 0.25) is 24.5 Å². The number of tetrazole rings is 1. The number of primary amides is 1. The molecule has 0 radical (unpaired) electrons.